The standard InChI is InChI=1S/Bi.Ca.FH.HI.K.Li.7H/h;;2*1H;;;;;;;;;/q;+2;;;2*+1;;;;4*-1. The van der Waals surface area contributed by atoms with E-state index in [1.165, 1.54) is 0 Å². The van der Waals surface area contributed by atoms with Crippen LogP contribution in [0.3, 0.4) is 0 Å². The Balaban J connectivity index is 0. The third kappa shape index (κ3) is 23.0. The molecule has 0 aliphatic carbocycles. The minimum Gasteiger partial charge on any atom is -1.00 e. The molecule has 6 heavy (non-hydrogen) atoms. The molecule has 0 nitrogen and oxygen atoms in total. The van der Waals surface area contributed by atoms with E-state index in [0.29, 0.717) is 0 Å². The third-order valence-corrected chi connectivity index (χ3v) is 0. The van der Waals surface area contributed by atoms with Crippen LogP contribution >= 0.6 is 24.0 Å². The Hall–Kier alpha value is 5.04. The molecule has 0 bridgehead atoms. The Kier molecular flexibility index (Phi) is 236. The molecule has 0 rings (SSSR count). The van der Waals surface area contributed by atoms with Gasteiger partial charge in [0.1, 0.15) is 0 Å². The maximum Gasteiger partial charge on any atom is 2.00 e. The van der Waals surface area contributed by atoms with E-state index in [1.54, 1.807) is 0 Å². The van der Waals surface area contributed by atoms with Crippen LogP contribution in [0.15, 0.2) is 0 Å². The topological polar surface area (TPSA) is 0 Å². The molecule has 0 radical (unpaired) electrons. The fourth-order valence-corrected chi connectivity index (χ4v) is 0. The average Bonchev–Trinajstić information content (AvgIpc) is 0. The van der Waals surface area contributed by atoms with Gasteiger partial charge in [-0.25, -0.2) is 0 Å². The van der Waals surface area contributed by atoms with Crippen molar-refractivity contribution in [1.82, 2.24) is 0 Å². The van der Waals surface area contributed by atoms with E-state index >= 15 is 0 Å². The zero-order valence-corrected chi connectivity index (χ0v) is 17.4. The first-order valence-corrected chi connectivity index (χ1v) is 0. The Morgan fingerprint density at radius 2 is 1.17 bits per heavy atom. The molecule has 0 saturated heterocycles. The van der Waals surface area contributed by atoms with Crippen LogP contribution in [0.5, 0.6) is 0 Å². The van der Waals surface area contributed by atoms with Gasteiger partial charge >= 0.3 is 134 Å². The van der Waals surface area contributed by atoms with Crippen LogP contribution in [0.25, 0.3) is 0 Å². The summed E-state index contributed by atoms with van der Waals surface area (Å²) in [6.07, 6.45) is 0. The maximum atomic E-state index is 0. The van der Waals surface area contributed by atoms with Crippen LogP contribution in [0, 0.1) is 0 Å². The number of hydrogen-bond donors (Lipinski definition) is 0. The van der Waals surface area contributed by atoms with Crippen LogP contribution in [-0.2, 0) is 0 Å². The van der Waals surface area contributed by atoms with Gasteiger partial charge in [0.2, 0.25) is 0 Å². The van der Waals surface area contributed by atoms with Gasteiger partial charge in [0.05, 0.1) is 0 Å². The van der Waals surface area contributed by atoms with Gasteiger partial charge in [-0.1, -0.05) is 0 Å². The number of halogens is 2. The summed E-state index contributed by atoms with van der Waals surface area (Å²) >= 11 is 0. The molecular weight excluding hydrogens is 441 g/mol. The molecule has 0 N–H and O–H groups in total. The van der Waals surface area contributed by atoms with Crippen LogP contribution in [0.2, 0.25) is 0 Å². The molecule has 0 unspecified atom stereocenters. The van der Waals surface area contributed by atoms with E-state index in [2.05, 4.69) is 0 Å². The first-order valence-electron chi connectivity index (χ1n) is 0. The summed E-state index contributed by atoms with van der Waals surface area (Å²) < 4.78 is 0. The van der Waals surface area contributed by atoms with Gasteiger partial charge in [0, 0.05) is 0 Å². The Bertz CT molecular complexity index is 25.2. The van der Waals surface area contributed by atoms with Crippen molar-refractivity contribution in [3.63, 3.8) is 0 Å². The molecule has 0 aromatic carbocycles. The zero-order chi connectivity index (χ0) is 0. The minimum atomic E-state index is 0. The molecule has 0 heterocycles. The molecule has 32 valence electrons. The monoisotopic (exact) mass is 450 g/mol. The summed E-state index contributed by atoms with van der Waals surface area (Å²) in [5.74, 6) is 0. The second-order valence-electron chi connectivity index (χ2n) is 0. The van der Waals surface area contributed by atoms with Crippen LogP contribution in [-0.4, -0.2) is 63.9 Å². The molecule has 0 atom stereocenters. The van der Waals surface area contributed by atoms with Crippen LogP contribution in [0.4, 0.5) is 4.70 Å². The Morgan fingerprint density at radius 3 is 1.17 bits per heavy atom. The molecule has 0 spiro atoms. The second-order valence-corrected chi connectivity index (χ2v) is 0. The van der Waals surface area contributed by atoms with Gasteiger partial charge in [-0.15, -0.1) is 24.0 Å². The normalized spacial score (nSPS) is 0. The average molecular weight is 450 g/mol. The minimum absolute atomic E-state index is 0. The van der Waals surface area contributed by atoms with E-state index in [9.17, 15) is 0 Å². The van der Waals surface area contributed by atoms with Crippen molar-refractivity contribution in [3.8, 4) is 0 Å². The molecule has 0 aliphatic heterocycles. The van der Waals surface area contributed by atoms with Gasteiger partial charge in [0.25, 0.3) is 0 Å². The molecule has 0 fully saturated rings. The van der Waals surface area contributed by atoms with Crippen molar-refractivity contribution in [2.24, 2.45) is 0 Å². The Labute approximate surface area is 164 Å². The van der Waals surface area contributed by atoms with E-state index in [4.69, 9.17) is 0 Å². The van der Waals surface area contributed by atoms with Crippen molar-refractivity contribution in [1.29, 1.82) is 0 Å². The first-order chi connectivity index (χ1) is 0. The smallest absolute Gasteiger partial charge is 1.00 e. The SMILES string of the molecule is F.I.[BiH3].[Ca+2].[H-].[H-].[H-].[H-].[K+].[Li+]. The first kappa shape index (κ1) is 43.8. The second kappa shape index (κ2) is 32.3. The van der Waals surface area contributed by atoms with Crippen molar-refractivity contribution in [3.05, 3.63) is 0 Å². The summed E-state index contributed by atoms with van der Waals surface area (Å²) in [6, 6.07) is 0. The Morgan fingerprint density at radius 1 is 1.17 bits per heavy atom. The van der Waals surface area contributed by atoms with E-state index in [-0.39, 0.29) is 169 Å². The largest absolute Gasteiger partial charge is 2.00 e. The van der Waals surface area contributed by atoms with Crippen molar-refractivity contribution in [2.45, 2.75) is 0 Å². The van der Waals surface area contributed by atoms with Gasteiger partial charge in [0.15, 0.2) is 0 Å². The predicted molar refractivity (Wildman–Crippen MR) is 38.1 cm³/mol. The summed E-state index contributed by atoms with van der Waals surface area (Å²) in [4.78, 5) is 0. The van der Waals surface area contributed by atoms with Gasteiger partial charge in [-0.05, 0) is 0 Å². The summed E-state index contributed by atoms with van der Waals surface area (Å²) in [5.41, 5.74) is 0. The van der Waals surface area contributed by atoms with Gasteiger partial charge in [-0.3, -0.25) is 4.70 Å². The van der Waals surface area contributed by atoms with E-state index in [1.807, 2.05) is 0 Å². The fourth-order valence-electron chi connectivity index (χ4n) is 0. The van der Waals surface area contributed by atoms with Gasteiger partial charge < -0.3 is 5.71 Å². The molecule has 0 aliphatic rings. The predicted octanol–water partition coefficient (Wildman–Crippen LogP) is -6.34. The van der Waals surface area contributed by atoms with E-state index < -0.39 is 0 Å². The summed E-state index contributed by atoms with van der Waals surface area (Å²) in [6.45, 7) is 0. The summed E-state index contributed by atoms with van der Waals surface area (Å²) in [5, 5.41) is 0. The molecule has 0 aromatic heterocycles. The van der Waals surface area contributed by atoms with Crippen molar-refractivity contribution >= 4 is 87.9 Å². The maximum absolute atomic E-state index is 0. The number of hydrogen-bond acceptors (Lipinski definition) is 0. The number of rotatable bonds is 0. The fraction of sp³-hybridized carbons (Fsp3) is 0. The molecule has 0 saturated carbocycles. The van der Waals surface area contributed by atoms with Gasteiger partial charge in [-0.2, -0.15) is 0 Å². The molecule has 0 amide bonds. The van der Waals surface area contributed by atoms with Crippen molar-refractivity contribution < 1.29 is 80.7 Å². The van der Waals surface area contributed by atoms with Crippen molar-refractivity contribution in [2.75, 3.05) is 0 Å². The zero-order valence-electron chi connectivity index (χ0n) is 8.23. The molecular formula is H9BiCaFIKLi. The summed E-state index contributed by atoms with van der Waals surface area (Å²) in [7, 11) is 0. The third-order valence-electron chi connectivity index (χ3n) is 0. The molecule has 6 heteroatoms. The van der Waals surface area contributed by atoms with E-state index in [0.717, 1.165) is 0 Å². The molecule has 0 aromatic rings. The quantitative estimate of drug-likeness (QED) is 0.255. The van der Waals surface area contributed by atoms with Crippen LogP contribution < -0.4 is 70.2 Å². The van der Waals surface area contributed by atoms with Crippen LogP contribution in [0.1, 0.15) is 5.71 Å².